The summed E-state index contributed by atoms with van der Waals surface area (Å²) in [7, 11) is 0. The summed E-state index contributed by atoms with van der Waals surface area (Å²) in [6.07, 6.45) is 10.6. The minimum absolute atomic E-state index is 0.0275. The van der Waals surface area contributed by atoms with E-state index in [0.29, 0.717) is 30.5 Å². The Morgan fingerprint density at radius 2 is 1.77 bits per heavy atom. The number of nitrogens with two attached hydrogens (primary N) is 2. The highest BCUT2D eigenvalue weighted by Gasteiger charge is 2.27. The minimum atomic E-state index is -0.629. The molecule has 0 aromatic carbocycles. The Balaban J connectivity index is 1.27. The maximum atomic E-state index is 14.1. The Bertz CT molecular complexity index is 1320. The molecule has 0 aliphatic heterocycles. The molecule has 208 valence electrons. The van der Waals surface area contributed by atoms with E-state index in [2.05, 4.69) is 36.3 Å². The second-order valence-electron chi connectivity index (χ2n) is 10.3. The van der Waals surface area contributed by atoms with Crippen LogP contribution in [0.15, 0.2) is 30.7 Å². The van der Waals surface area contributed by atoms with Crippen LogP contribution in [0.1, 0.15) is 61.9 Å². The molecule has 5 rings (SSSR count). The van der Waals surface area contributed by atoms with Crippen LogP contribution in [0.3, 0.4) is 0 Å². The Labute approximate surface area is 225 Å². The molecule has 1 atom stereocenters. The second-order valence-corrected chi connectivity index (χ2v) is 10.3. The molecule has 2 amide bonds. The van der Waals surface area contributed by atoms with Crippen LogP contribution in [0.2, 0.25) is 0 Å². The van der Waals surface area contributed by atoms with Crippen LogP contribution >= 0.6 is 0 Å². The van der Waals surface area contributed by atoms with Crippen molar-refractivity contribution in [3.8, 4) is 0 Å². The molecule has 12 nitrogen and oxygen atoms in total. The average molecular weight is 539 g/mol. The summed E-state index contributed by atoms with van der Waals surface area (Å²) in [5, 5.41) is 17.3. The molecule has 39 heavy (non-hydrogen) atoms. The van der Waals surface area contributed by atoms with Gasteiger partial charge in [-0.3, -0.25) is 14.6 Å². The SMILES string of the molecule is NCCC[C@@H](N)C(=O)N[C@H]1CC[C@H](Nc2cc(NC3CC3)c3ncc(C(=O)Nc4ccncc4F)n3n2)CC1. The third-order valence-electron chi connectivity index (χ3n) is 7.14. The predicted octanol–water partition coefficient (Wildman–Crippen LogP) is 2.00. The molecule has 2 aliphatic carbocycles. The molecule has 2 aliphatic rings. The molecule has 2 saturated carbocycles. The molecule has 3 aromatic heterocycles. The van der Waals surface area contributed by atoms with Gasteiger partial charge in [-0.1, -0.05) is 0 Å². The zero-order valence-corrected chi connectivity index (χ0v) is 21.7. The quantitative estimate of drug-likeness (QED) is 0.213. The van der Waals surface area contributed by atoms with Crippen LogP contribution in [0.5, 0.6) is 0 Å². The molecule has 0 unspecified atom stereocenters. The number of anilines is 3. The predicted molar refractivity (Wildman–Crippen MR) is 146 cm³/mol. The fraction of sp³-hybridized carbons (Fsp3) is 0.500. The molecule has 3 heterocycles. The number of aromatic nitrogens is 4. The van der Waals surface area contributed by atoms with Crippen molar-refractivity contribution in [2.45, 2.75) is 75.5 Å². The third kappa shape index (κ3) is 6.60. The number of imidazole rings is 1. The summed E-state index contributed by atoms with van der Waals surface area (Å²) >= 11 is 0. The first-order valence-corrected chi connectivity index (χ1v) is 13.5. The van der Waals surface area contributed by atoms with E-state index in [1.807, 2.05) is 6.07 Å². The smallest absolute Gasteiger partial charge is 0.276 e. The lowest BCUT2D eigenvalue weighted by atomic mass is 9.91. The summed E-state index contributed by atoms with van der Waals surface area (Å²) in [6, 6.07) is 3.36. The number of halogens is 1. The molecule has 0 radical (unpaired) electrons. The Hall–Kier alpha value is -3.84. The van der Waals surface area contributed by atoms with Gasteiger partial charge in [-0.15, -0.1) is 5.10 Å². The Morgan fingerprint density at radius 1 is 1.05 bits per heavy atom. The highest BCUT2D eigenvalue weighted by molar-refractivity contribution is 6.03. The molecular formula is C26H35FN10O2. The lowest BCUT2D eigenvalue weighted by molar-refractivity contribution is -0.123. The summed E-state index contributed by atoms with van der Waals surface area (Å²) in [5.41, 5.74) is 13.0. The average Bonchev–Trinajstić information content (AvgIpc) is 3.64. The van der Waals surface area contributed by atoms with Crippen LogP contribution in [0, 0.1) is 5.82 Å². The molecule has 13 heteroatoms. The van der Waals surface area contributed by atoms with E-state index in [9.17, 15) is 14.0 Å². The van der Waals surface area contributed by atoms with Crippen LogP contribution in [0.25, 0.3) is 5.65 Å². The Kier molecular flexibility index (Phi) is 8.17. The van der Waals surface area contributed by atoms with Gasteiger partial charge >= 0.3 is 0 Å². The summed E-state index contributed by atoms with van der Waals surface area (Å²) in [6.45, 7) is 0.518. The fourth-order valence-electron chi connectivity index (χ4n) is 4.78. The van der Waals surface area contributed by atoms with Gasteiger partial charge in [0.25, 0.3) is 5.91 Å². The van der Waals surface area contributed by atoms with Gasteiger partial charge in [0.05, 0.1) is 29.8 Å². The zero-order chi connectivity index (χ0) is 27.4. The fourth-order valence-corrected chi connectivity index (χ4v) is 4.78. The van der Waals surface area contributed by atoms with Crippen molar-refractivity contribution in [1.82, 2.24) is 24.9 Å². The van der Waals surface area contributed by atoms with Crippen molar-refractivity contribution in [2.75, 3.05) is 22.5 Å². The number of nitrogens with zero attached hydrogens (tertiary/aromatic N) is 4. The first kappa shape index (κ1) is 26.8. The molecule has 2 fully saturated rings. The van der Waals surface area contributed by atoms with E-state index in [4.69, 9.17) is 11.5 Å². The zero-order valence-electron chi connectivity index (χ0n) is 21.7. The van der Waals surface area contributed by atoms with Crippen molar-refractivity contribution in [2.24, 2.45) is 11.5 Å². The third-order valence-corrected chi connectivity index (χ3v) is 7.14. The number of nitrogens with one attached hydrogen (secondary N) is 4. The van der Waals surface area contributed by atoms with Crippen molar-refractivity contribution >= 4 is 34.7 Å². The summed E-state index contributed by atoms with van der Waals surface area (Å²) in [5.74, 6) is -0.685. The van der Waals surface area contributed by atoms with E-state index >= 15 is 0 Å². The number of hydrogen-bond acceptors (Lipinski definition) is 9. The van der Waals surface area contributed by atoms with E-state index in [-0.39, 0.29) is 29.4 Å². The molecule has 0 saturated heterocycles. The maximum Gasteiger partial charge on any atom is 0.276 e. The largest absolute Gasteiger partial charge is 0.379 e. The van der Waals surface area contributed by atoms with Gasteiger partial charge in [-0.25, -0.2) is 13.9 Å². The Morgan fingerprint density at radius 3 is 2.49 bits per heavy atom. The van der Waals surface area contributed by atoms with Gasteiger partial charge in [0.1, 0.15) is 5.82 Å². The van der Waals surface area contributed by atoms with E-state index < -0.39 is 17.8 Å². The van der Waals surface area contributed by atoms with Crippen molar-refractivity contribution in [3.63, 3.8) is 0 Å². The number of fused-ring (bicyclic) bond motifs is 1. The number of pyridine rings is 1. The lowest BCUT2D eigenvalue weighted by Crippen LogP contribution is -2.47. The molecular weight excluding hydrogens is 503 g/mol. The lowest BCUT2D eigenvalue weighted by Gasteiger charge is -2.30. The van der Waals surface area contributed by atoms with Gasteiger partial charge in [-0.05, 0) is 64.0 Å². The van der Waals surface area contributed by atoms with Crippen LogP contribution in [0.4, 0.5) is 21.6 Å². The molecule has 0 spiro atoms. The topological polar surface area (TPSA) is 177 Å². The van der Waals surface area contributed by atoms with Crippen molar-refractivity contribution < 1.29 is 14.0 Å². The highest BCUT2D eigenvalue weighted by Crippen LogP contribution is 2.30. The number of hydrogen-bond donors (Lipinski definition) is 6. The standard InChI is InChI=1S/C26H35FN10O2/c27-18-13-30-11-9-20(18)35-26(39)22-14-31-24-21(32-15-3-4-15)12-23(36-37(22)24)33-16-5-7-17(8-6-16)34-25(38)19(29)2-1-10-28/h9,11-17,19,32H,1-8,10,28-29H2,(H,33,36)(H,34,38)(H,30,35,39)/t16-,17-,19-/m1/s1. The number of rotatable bonds is 11. The first-order valence-electron chi connectivity index (χ1n) is 13.5. The van der Waals surface area contributed by atoms with Crippen LogP contribution in [-0.2, 0) is 4.79 Å². The van der Waals surface area contributed by atoms with Gasteiger partial charge in [0.15, 0.2) is 17.2 Å². The highest BCUT2D eigenvalue weighted by atomic mass is 19.1. The van der Waals surface area contributed by atoms with Crippen LogP contribution in [-0.4, -0.2) is 62.1 Å². The van der Waals surface area contributed by atoms with Gasteiger partial charge < -0.3 is 32.7 Å². The van der Waals surface area contributed by atoms with Crippen molar-refractivity contribution in [1.29, 1.82) is 0 Å². The van der Waals surface area contributed by atoms with Gasteiger partial charge in [0, 0.05) is 30.4 Å². The number of carbonyl (C=O) groups excluding carboxylic acids is 2. The second kappa shape index (κ2) is 11.9. The molecule has 0 bridgehead atoms. The number of carbonyl (C=O) groups is 2. The molecule has 8 N–H and O–H groups in total. The first-order chi connectivity index (χ1) is 18.9. The van der Waals surface area contributed by atoms with Gasteiger partial charge in [-0.2, -0.15) is 0 Å². The monoisotopic (exact) mass is 538 g/mol. The summed E-state index contributed by atoms with van der Waals surface area (Å²) in [4.78, 5) is 33.5. The number of amides is 2. The minimum Gasteiger partial charge on any atom is -0.379 e. The maximum absolute atomic E-state index is 14.1. The van der Waals surface area contributed by atoms with Crippen molar-refractivity contribution in [3.05, 3.63) is 42.2 Å². The van der Waals surface area contributed by atoms with E-state index in [1.54, 1.807) is 0 Å². The van der Waals surface area contributed by atoms with Crippen LogP contribution < -0.4 is 32.7 Å². The normalized spacial score (nSPS) is 19.9. The van der Waals surface area contributed by atoms with Gasteiger partial charge in [0.2, 0.25) is 5.91 Å². The van der Waals surface area contributed by atoms with E-state index in [0.717, 1.165) is 56.8 Å². The summed E-state index contributed by atoms with van der Waals surface area (Å²) < 4.78 is 15.5. The molecule has 3 aromatic rings. The van der Waals surface area contributed by atoms with E-state index in [1.165, 1.54) is 23.0 Å².